The largest absolute Gasteiger partial charge is 0.497 e. The van der Waals surface area contributed by atoms with E-state index in [1.165, 1.54) is 12.8 Å². The van der Waals surface area contributed by atoms with Crippen LogP contribution in [0.15, 0.2) is 42.5 Å². The van der Waals surface area contributed by atoms with Crippen LogP contribution in [-0.4, -0.2) is 80.3 Å². The minimum Gasteiger partial charge on any atom is -0.497 e. The molecule has 2 aliphatic rings. The molecule has 0 spiro atoms. The molecule has 1 amide bonds. The number of piperazine rings is 1. The number of carbonyl (C=O) groups is 1. The highest BCUT2D eigenvalue weighted by Crippen LogP contribution is 2.30. The first-order chi connectivity index (χ1) is 17.6. The van der Waals surface area contributed by atoms with Crippen LogP contribution in [-0.2, 0) is 0 Å². The second kappa shape index (κ2) is 11.1. The average Bonchev–Trinajstić information content (AvgIpc) is 2.92. The van der Waals surface area contributed by atoms with E-state index >= 15 is 0 Å². The molecule has 9 heteroatoms. The fourth-order valence-corrected chi connectivity index (χ4v) is 4.87. The van der Waals surface area contributed by atoms with Crippen molar-refractivity contribution in [2.75, 3.05) is 63.7 Å². The second-order valence-corrected chi connectivity index (χ2v) is 9.42. The number of carbonyl (C=O) groups excluding carboxylic acids is 1. The zero-order chi connectivity index (χ0) is 24.9. The molecule has 1 aromatic heterocycles. The summed E-state index contributed by atoms with van der Waals surface area (Å²) in [5.74, 6) is 1.07. The SMILES string of the molecule is COc1cc(NC(=O)c2cc(N3CCNCC3)nc(OCC3CCCCN3C)n2)c2ccccc2c1. The van der Waals surface area contributed by atoms with Gasteiger partial charge in [-0.05, 0) is 37.9 Å². The van der Waals surface area contributed by atoms with Gasteiger partial charge in [0.15, 0.2) is 0 Å². The monoisotopic (exact) mass is 490 g/mol. The van der Waals surface area contributed by atoms with Gasteiger partial charge < -0.3 is 29.9 Å². The summed E-state index contributed by atoms with van der Waals surface area (Å²) in [6.07, 6.45) is 3.50. The highest BCUT2D eigenvalue weighted by atomic mass is 16.5. The fraction of sp³-hybridized carbons (Fsp3) is 0.444. The number of nitrogens with one attached hydrogen (secondary N) is 2. The van der Waals surface area contributed by atoms with Crippen LogP contribution < -0.4 is 25.0 Å². The first kappa shape index (κ1) is 24.3. The number of hydrogen-bond donors (Lipinski definition) is 2. The lowest BCUT2D eigenvalue weighted by Gasteiger charge is -2.32. The third-order valence-electron chi connectivity index (χ3n) is 7.01. The predicted octanol–water partition coefficient (Wildman–Crippen LogP) is 3.16. The summed E-state index contributed by atoms with van der Waals surface area (Å²) < 4.78 is 11.5. The number of fused-ring (bicyclic) bond motifs is 1. The van der Waals surface area contributed by atoms with Crippen molar-refractivity contribution in [3.8, 4) is 11.8 Å². The third kappa shape index (κ3) is 5.52. The maximum absolute atomic E-state index is 13.5. The van der Waals surface area contributed by atoms with Crippen LogP contribution in [0.25, 0.3) is 10.8 Å². The molecule has 190 valence electrons. The van der Waals surface area contributed by atoms with Crippen molar-refractivity contribution in [1.82, 2.24) is 20.2 Å². The smallest absolute Gasteiger partial charge is 0.319 e. The summed E-state index contributed by atoms with van der Waals surface area (Å²) in [7, 11) is 3.75. The molecule has 2 aliphatic heterocycles. The Morgan fingerprint density at radius 1 is 1.11 bits per heavy atom. The van der Waals surface area contributed by atoms with Crippen molar-refractivity contribution >= 4 is 28.2 Å². The number of aromatic nitrogens is 2. The van der Waals surface area contributed by atoms with Crippen LogP contribution in [0.5, 0.6) is 11.8 Å². The normalized spacial score (nSPS) is 18.7. The van der Waals surface area contributed by atoms with Crippen molar-refractivity contribution in [3.05, 3.63) is 48.2 Å². The molecule has 2 N–H and O–H groups in total. The first-order valence-corrected chi connectivity index (χ1v) is 12.7. The molecule has 0 radical (unpaired) electrons. The van der Waals surface area contributed by atoms with Gasteiger partial charge in [0.25, 0.3) is 5.91 Å². The van der Waals surface area contributed by atoms with E-state index in [1.807, 2.05) is 36.4 Å². The van der Waals surface area contributed by atoms with E-state index in [2.05, 4.69) is 37.4 Å². The van der Waals surface area contributed by atoms with Crippen LogP contribution in [0.4, 0.5) is 11.5 Å². The van der Waals surface area contributed by atoms with Gasteiger partial charge >= 0.3 is 6.01 Å². The molecule has 1 atom stereocenters. The van der Waals surface area contributed by atoms with E-state index in [-0.39, 0.29) is 17.6 Å². The molecular formula is C27H34N6O3. The Kier molecular flexibility index (Phi) is 7.48. The number of hydrogen-bond acceptors (Lipinski definition) is 8. The zero-order valence-electron chi connectivity index (χ0n) is 21.0. The highest BCUT2D eigenvalue weighted by molar-refractivity contribution is 6.09. The fourth-order valence-electron chi connectivity index (χ4n) is 4.87. The number of methoxy groups -OCH3 is 1. The van der Waals surface area contributed by atoms with Gasteiger partial charge in [0.1, 0.15) is 23.9 Å². The van der Waals surface area contributed by atoms with Crippen molar-refractivity contribution in [2.24, 2.45) is 0 Å². The number of likely N-dealkylation sites (tertiary alicyclic amines) is 1. The van der Waals surface area contributed by atoms with Crippen LogP contribution in [0, 0.1) is 0 Å². The van der Waals surface area contributed by atoms with Crippen LogP contribution in [0.3, 0.4) is 0 Å². The third-order valence-corrected chi connectivity index (χ3v) is 7.01. The Hall–Kier alpha value is -3.43. The predicted molar refractivity (Wildman–Crippen MR) is 141 cm³/mol. The van der Waals surface area contributed by atoms with Gasteiger partial charge in [0, 0.05) is 49.7 Å². The Morgan fingerprint density at radius 3 is 2.75 bits per heavy atom. The van der Waals surface area contributed by atoms with Gasteiger partial charge in [-0.3, -0.25) is 4.79 Å². The van der Waals surface area contributed by atoms with Gasteiger partial charge in [-0.15, -0.1) is 0 Å². The number of benzene rings is 2. The quantitative estimate of drug-likeness (QED) is 0.522. The molecule has 2 fully saturated rings. The zero-order valence-corrected chi connectivity index (χ0v) is 21.0. The second-order valence-electron chi connectivity index (χ2n) is 9.42. The summed E-state index contributed by atoms with van der Waals surface area (Å²) in [6, 6.07) is 14.0. The highest BCUT2D eigenvalue weighted by Gasteiger charge is 2.22. The Labute approximate surface area is 211 Å². The van der Waals surface area contributed by atoms with Crippen molar-refractivity contribution in [1.29, 1.82) is 0 Å². The number of anilines is 2. The maximum Gasteiger partial charge on any atom is 0.319 e. The lowest BCUT2D eigenvalue weighted by Crippen LogP contribution is -2.44. The van der Waals surface area contributed by atoms with E-state index in [4.69, 9.17) is 9.47 Å². The minimum atomic E-state index is -0.313. The van der Waals surface area contributed by atoms with Gasteiger partial charge in [-0.25, -0.2) is 0 Å². The number of piperidine rings is 1. The average molecular weight is 491 g/mol. The number of rotatable bonds is 7. The molecule has 2 aromatic carbocycles. The lowest BCUT2D eigenvalue weighted by atomic mass is 10.0. The molecule has 0 aliphatic carbocycles. The van der Waals surface area contributed by atoms with Crippen molar-refractivity contribution < 1.29 is 14.3 Å². The lowest BCUT2D eigenvalue weighted by molar-refractivity contribution is 0.101. The van der Waals surface area contributed by atoms with Crippen LogP contribution >= 0.6 is 0 Å². The van der Waals surface area contributed by atoms with Gasteiger partial charge in [0.2, 0.25) is 0 Å². The number of ether oxygens (including phenoxy) is 2. The van der Waals surface area contributed by atoms with Gasteiger partial charge in [-0.2, -0.15) is 9.97 Å². The van der Waals surface area contributed by atoms with Crippen molar-refractivity contribution in [3.63, 3.8) is 0 Å². The van der Waals surface area contributed by atoms with E-state index in [1.54, 1.807) is 13.2 Å². The molecule has 0 saturated carbocycles. The molecule has 36 heavy (non-hydrogen) atoms. The number of nitrogens with zero attached hydrogens (tertiary/aromatic N) is 4. The maximum atomic E-state index is 13.5. The molecule has 9 nitrogen and oxygen atoms in total. The summed E-state index contributed by atoms with van der Waals surface area (Å²) in [5.41, 5.74) is 0.945. The van der Waals surface area contributed by atoms with Gasteiger partial charge in [-0.1, -0.05) is 30.7 Å². The molecule has 3 heterocycles. The van der Waals surface area contributed by atoms with Crippen LogP contribution in [0.2, 0.25) is 0 Å². The van der Waals surface area contributed by atoms with Gasteiger partial charge in [0.05, 0.1) is 12.8 Å². The van der Waals surface area contributed by atoms with Crippen molar-refractivity contribution in [2.45, 2.75) is 25.3 Å². The van der Waals surface area contributed by atoms with E-state index < -0.39 is 0 Å². The number of amides is 1. The van der Waals surface area contributed by atoms with E-state index in [0.29, 0.717) is 29.9 Å². The minimum absolute atomic E-state index is 0.241. The summed E-state index contributed by atoms with van der Waals surface area (Å²) >= 11 is 0. The molecule has 0 bridgehead atoms. The molecule has 5 rings (SSSR count). The Balaban J connectivity index is 1.42. The summed E-state index contributed by atoms with van der Waals surface area (Å²) in [6.45, 7) is 4.92. The van der Waals surface area contributed by atoms with Crippen LogP contribution in [0.1, 0.15) is 29.8 Å². The first-order valence-electron chi connectivity index (χ1n) is 12.7. The molecule has 1 unspecified atom stereocenters. The Bertz CT molecular complexity index is 1210. The topological polar surface area (TPSA) is 91.9 Å². The molecular weight excluding hydrogens is 456 g/mol. The number of likely N-dealkylation sites (N-methyl/N-ethyl adjacent to an activating group) is 1. The van der Waals surface area contributed by atoms with E-state index in [9.17, 15) is 4.79 Å². The molecule has 3 aromatic rings. The summed E-state index contributed by atoms with van der Waals surface area (Å²) in [5, 5.41) is 8.31. The standard InChI is InChI=1S/C27H34N6O3/c1-32-12-6-5-8-20(32)18-36-27-30-24(17-25(31-27)33-13-10-28-11-14-33)26(34)29-23-16-21(35-2)15-19-7-3-4-9-22(19)23/h3-4,7,9,15-17,20,28H,5-6,8,10-14,18H2,1-2H3,(H,29,34). The molecule has 2 saturated heterocycles. The summed E-state index contributed by atoms with van der Waals surface area (Å²) in [4.78, 5) is 27.2. The Morgan fingerprint density at radius 2 is 1.94 bits per heavy atom. The van der Waals surface area contributed by atoms with E-state index in [0.717, 1.165) is 49.9 Å².